The Kier molecular flexibility index (Phi) is 12.4. The smallest absolute Gasteiger partial charge is 0.408 e. The highest BCUT2D eigenvalue weighted by Crippen LogP contribution is 2.36. The number of nitrogens with one attached hydrogen (secondary N) is 3. The fourth-order valence-corrected chi connectivity index (χ4v) is 5.40. The molecule has 0 aromatic carbocycles. The summed E-state index contributed by atoms with van der Waals surface area (Å²) in [5.41, 5.74) is -1.62. The van der Waals surface area contributed by atoms with Gasteiger partial charge in [-0.2, -0.15) is 0 Å². The molecule has 0 unspecified atom stereocenters. The van der Waals surface area contributed by atoms with Crippen LogP contribution in [0.2, 0.25) is 0 Å². The molecule has 0 spiro atoms. The van der Waals surface area contributed by atoms with E-state index in [1.165, 1.54) is 6.92 Å². The molecule has 0 bridgehead atoms. The minimum Gasteiger partial charge on any atom is -0.467 e. The van der Waals surface area contributed by atoms with E-state index in [0.717, 1.165) is 28.7 Å². The average molecular weight is 528 g/mol. The van der Waals surface area contributed by atoms with Crippen LogP contribution in [0.15, 0.2) is 0 Å². The number of alkyl carbamates (subject to hydrolysis) is 1. The van der Waals surface area contributed by atoms with Gasteiger partial charge in [0.1, 0.15) is 41.9 Å². The summed E-state index contributed by atoms with van der Waals surface area (Å²) in [4.78, 5) is 47.5. The summed E-state index contributed by atoms with van der Waals surface area (Å²) in [6.07, 6.45) is -4.68. The van der Waals surface area contributed by atoms with Gasteiger partial charge in [-0.15, -0.1) is 0 Å². The number of hydrogen-bond donors (Lipinski definition) is 6. The van der Waals surface area contributed by atoms with Crippen molar-refractivity contribution in [3.05, 3.63) is 0 Å². The number of rotatable bonds is 10. The van der Waals surface area contributed by atoms with Gasteiger partial charge in [0, 0.05) is 12.7 Å². The molecule has 0 aromatic rings. The number of hydrogen-bond acceptors (Lipinski definition) is 12. The second-order valence-corrected chi connectivity index (χ2v) is 10.8. The Hall–Kier alpha value is -1.78. The highest BCUT2D eigenvalue weighted by Gasteiger charge is 2.45. The Morgan fingerprint density at radius 1 is 1.15 bits per heavy atom. The fraction of sp³-hybridized carbons (Fsp3) is 0.789. The zero-order valence-electron chi connectivity index (χ0n) is 19.6. The molecule has 0 aromatic heterocycles. The average Bonchev–Trinajstić information content (AvgIpc) is 2.74. The Balaban J connectivity index is 2.69. The van der Waals surface area contributed by atoms with Crippen molar-refractivity contribution in [2.45, 2.75) is 69.1 Å². The molecule has 0 radical (unpaired) electrons. The van der Waals surface area contributed by atoms with Crippen LogP contribution in [0.1, 0.15) is 27.7 Å². The second kappa shape index (κ2) is 13.9. The minimum absolute atomic E-state index is 0.00457. The highest BCUT2D eigenvalue weighted by molar-refractivity contribution is 8.76. The van der Waals surface area contributed by atoms with Crippen molar-refractivity contribution < 1.29 is 48.7 Å². The second-order valence-electron chi connectivity index (χ2n) is 8.31. The van der Waals surface area contributed by atoms with Gasteiger partial charge in [-0.3, -0.25) is 9.59 Å². The topological polar surface area (TPSA) is 193 Å². The van der Waals surface area contributed by atoms with Crippen LogP contribution in [0.3, 0.4) is 0 Å². The van der Waals surface area contributed by atoms with Crippen LogP contribution in [0, 0.1) is 0 Å². The number of ether oxygens (including phenoxy) is 3. The SMILES string of the molecule is COC(=O)[C@H](CSS[C@@H]1O[C@H](CO)[C@@H](O)[C@H](O)[C@H]1NC(C)=O)NC(=O)CNC(=O)OC(C)(C)C. The Morgan fingerprint density at radius 3 is 2.32 bits per heavy atom. The van der Waals surface area contributed by atoms with E-state index >= 15 is 0 Å². The molecule has 1 fully saturated rings. The van der Waals surface area contributed by atoms with Crippen molar-refractivity contribution in [1.29, 1.82) is 0 Å². The van der Waals surface area contributed by atoms with E-state index in [1.807, 2.05) is 0 Å². The molecule has 1 heterocycles. The van der Waals surface area contributed by atoms with Gasteiger partial charge in [-0.1, -0.05) is 21.6 Å². The molecule has 0 saturated carbocycles. The normalized spacial score (nSPS) is 25.6. The third kappa shape index (κ3) is 10.2. The third-order valence-electron chi connectivity index (χ3n) is 4.26. The molecule has 34 heavy (non-hydrogen) atoms. The first-order valence-corrected chi connectivity index (χ1v) is 12.7. The first-order chi connectivity index (χ1) is 15.8. The lowest BCUT2D eigenvalue weighted by Crippen LogP contribution is -2.63. The summed E-state index contributed by atoms with van der Waals surface area (Å²) in [6, 6.07) is -2.07. The number of esters is 1. The largest absolute Gasteiger partial charge is 0.467 e. The van der Waals surface area contributed by atoms with Crippen LogP contribution in [0.5, 0.6) is 0 Å². The van der Waals surface area contributed by atoms with Gasteiger partial charge in [-0.25, -0.2) is 9.59 Å². The number of amides is 3. The quantitative estimate of drug-likeness (QED) is 0.142. The van der Waals surface area contributed by atoms with E-state index in [2.05, 4.69) is 16.0 Å². The van der Waals surface area contributed by atoms with E-state index in [4.69, 9.17) is 14.2 Å². The van der Waals surface area contributed by atoms with Gasteiger partial charge in [0.15, 0.2) is 0 Å². The van der Waals surface area contributed by atoms with Gasteiger partial charge < -0.3 is 45.5 Å². The molecule has 13 nitrogen and oxygen atoms in total. The Bertz CT molecular complexity index is 721. The number of methoxy groups -OCH3 is 1. The monoisotopic (exact) mass is 527 g/mol. The predicted molar refractivity (Wildman–Crippen MR) is 124 cm³/mol. The molecule has 3 amide bonds. The predicted octanol–water partition coefficient (Wildman–Crippen LogP) is -1.51. The summed E-state index contributed by atoms with van der Waals surface area (Å²) >= 11 is 0. The van der Waals surface area contributed by atoms with E-state index in [9.17, 15) is 34.5 Å². The summed E-state index contributed by atoms with van der Waals surface area (Å²) in [5, 5.41) is 37.0. The van der Waals surface area contributed by atoms with E-state index in [0.29, 0.717) is 0 Å². The summed E-state index contributed by atoms with van der Waals surface area (Å²) in [6.45, 7) is 5.26. The van der Waals surface area contributed by atoms with Gasteiger partial charge in [0.2, 0.25) is 11.8 Å². The lowest BCUT2D eigenvalue weighted by atomic mass is 9.98. The van der Waals surface area contributed by atoms with Crippen molar-refractivity contribution in [2.24, 2.45) is 0 Å². The number of carbonyl (C=O) groups excluding carboxylic acids is 4. The van der Waals surface area contributed by atoms with Crippen LogP contribution < -0.4 is 16.0 Å². The summed E-state index contributed by atoms with van der Waals surface area (Å²) in [7, 11) is 3.25. The van der Waals surface area contributed by atoms with E-state index in [-0.39, 0.29) is 5.75 Å². The molecule has 6 atom stereocenters. The molecule has 1 saturated heterocycles. The third-order valence-corrected chi connectivity index (χ3v) is 6.85. The van der Waals surface area contributed by atoms with Crippen molar-refractivity contribution >= 4 is 45.5 Å². The maximum atomic E-state index is 12.2. The standard InChI is InChI=1S/C19H33N3O10S2/c1-9(24)21-13-15(27)14(26)11(7-23)31-17(13)34-33-8-10(16(28)30-5)22-12(25)6-20-18(29)32-19(2,3)4/h10-11,13-15,17,23,26-27H,6-8H2,1-5H3,(H,20,29)(H,21,24)(H,22,25)/t10-,11+,13+,14+,15+,17-/m0/s1. The number of aliphatic hydroxyl groups excluding tert-OH is 3. The lowest BCUT2D eigenvalue weighted by molar-refractivity contribution is -0.173. The van der Waals surface area contributed by atoms with Crippen LogP contribution in [0.4, 0.5) is 4.79 Å². The zero-order valence-corrected chi connectivity index (χ0v) is 21.2. The van der Waals surface area contributed by atoms with E-state index in [1.54, 1.807) is 20.8 Å². The molecular weight excluding hydrogens is 494 g/mol. The zero-order chi connectivity index (χ0) is 26.1. The van der Waals surface area contributed by atoms with Gasteiger partial charge in [0.05, 0.1) is 19.8 Å². The minimum atomic E-state index is -1.41. The number of carbonyl (C=O) groups is 4. The molecule has 1 rings (SSSR count). The molecule has 6 N–H and O–H groups in total. The van der Waals surface area contributed by atoms with Crippen molar-refractivity contribution in [1.82, 2.24) is 16.0 Å². The molecular formula is C19H33N3O10S2. The van der Waals surface area contributed by atoms with Crippen LogP contribution in [-0.2, 0) is 28.6 Å². The maximum Gasteiger partial charge on any atom is 0.408 e. The van der Waals surface area contributed by atoms with Crippen LogP contribution in [-0.4, -0.2) is 107 Å². The molecule has 0 aliphatic carbocycles. The molecule has 1 aliphatic heterocycles. The molecule has 1 aliphatic rings. The maximum absolute atomic E-state index is 12.2. The van der Waals surface area contributed by atoms with E-state index < -0.39 is 78.5 Å². The van der Waals surface area contributed by atoms with Crippen molar-refractivity contribution in [3.8, 4) is 0 Å². The lowest BCUT2D eigenvalue weighted by Gasteiger charge is -2.42. The van der Waals surface area contributed by atoms with Gasteiger partial charge in [0.25, 0.3) is 0 Å². The summed E-state index contributed by atoms with van der Waals surface area (Å²) < 4.78 is 15.3. The van der Waals surface area contributed by atoms with Crippen LogP contribution in [0.25, 0.3) is 0 Å². The fourth-order valence-electron chi connectivity index (χ4n) is 2.75. The van der Waals surface area contributed by atoms with Crippen molar-refractivity contribution in [3.63, 3.8) is 0 Å². The highest BCUT2D eigenvalue weighted by atomic mass is 33.1. The van der Waals surface area contributed by atoms with Gasteiger partial charge in [-0.05, 0) is 20.8 Å². The molecule has 196 valence electrons. The van der Waals surface area contributed by atoms with Crippen LogP contribution >= 0.6 is 21.6 Å². The Labute approximate surface area is 205 Å². The Morgan fingerprint density at radius 2 is 1.79 bits per heavy atom. The first kappa shape index (κ1) is 30.3. The molecule has 15 heteroatoms. The number of aliphatic hydroxyl groups is 3. The first-order valence-electron chi connectivity index (χ1n) is 10.3. The summed E-state index contributed by atoms with van der Waals surface area (Å²) in [5.74, 6) is -1.85. The van der Waals surface area contributed by atoms with Crippen molar-refractivity contribution in [2.75, 3.05) is 26.0 Å². The van der Waals surface area contributed by atoms with Gasteiger partial charge >= 0.3 is 12.1 Å².